The summed E-state index contributed by atoms with van der Waals surface area (Å²) in [4.78, 5) is 11.8. The quantitative estimate of drug-likeness (QED) is 0.831. The van der Waals surface area contributed by atoms with Crippen molar-refractivity contribution in [3.63, 3.8) is 0 Å². The first-order valence-electron chi connectivity index (χ1n) is 7.29. The number of carbonyl (C=O) groups is 1. The van der Waals surface area contributed by atoms with Crippen molar-refractivity contribution in [3.8, 4) is 5.75 Å². The van der Waals surface area contributed by atoms with E-state index in [4.69, 9.17) is 4.74 Å². The predicted molar refractivity (Wildman–Crippen MR) is 76.3 cm³/mol. The molecule has 3 nitrogen and oxygen atoms in total. The van der Waals surface area contributed by atoms with Crippen molar-refractivity contribution in [2.75, 3.05) is 0 Å². The van der Waals surface area contributed by atoms with E-state index in [1.807, 2.05) is 18.2 Å². The van der Waals surface area contributed by atoms with Crippen LogP contribution in [0.4, 0.5) is 4.79 Å². The summed E-state index contributed by atoms with van der Waals surface area (Å²) in [6.45, 7) is 2.09. The monoisotopic (exact) mass is 261 g/mol. The maximum absolute atomic E-state index is 11.8. The van der Waals surface area contributed by atoms with Gasteiger partial charge >= 0.3 is 6.09 Å². The van der Waals surface area contributed by atoms with Gasteiger partial charge in [-0.2, -0.15) is 0 Å². The minimum Gasteiger partial charge on any atom is -0.410 e. The minimum absolute atomic E-state index is 0.189. The highest BCUT2D eigenvalue weighted by Gasteiger charge is 2.21. The first-order valence-corrected chi connectivity index (χ1v) is 7.29. The lowest BCUT2D eigenvalue weighted by molar-refractivity contribution is 0.190. The van der Waals surface area contributed by atoms with Crippen molar-refractivity contribution in [1.29, 1.82) is 0 Å². The molecule has 1 fully saturated rings. The Labute approximate surface area is 115 Å². The molecule has 0 spiro atoms. The Balaban J connectivity index is 1.80. The summed E-state index contributed by atoms with van der Waals surface area (Å²) >= 11 is 0. The molecule has 1 aromatic rings. The molecular formula is C16H23NO2. The van der Waals surface area contributed by atoms with Gasteiger partial charge in [-0.15, -0.1) is 0 Å². The highest BCUT2D eigenvalue weighted by atomic mass is 16.6. The van der Waals surface area contributed by atoms with E-state index >= 15 is 0 Å². The van der Waals surface area contributed by atoms with Gasteiger partial charge in [-0.05, 0) is 37.8 Å². The van der Waals surface area contributed by atoms with Crippen LogP contribution in [-0.2, 0) is 0 Å². The second-order valence-corrected chi connectivity index (χ2v) is 5.39. The lowest BCUT2D eigenvalue weighted by atomic mass is 9.93. The molecule has 0 aliphatic heterocycles. The number of rotatable bonds is 3. The molecule has 19 heavy (non-hydrogen) atoms. The van der Waals surface area contributed by atoms with Gasteiger partial charge in [-0.25, -0.2) is 4.79 Å². The van der Waals surface area contributed by atoms with E-state index in [9.17, 15) is 4.79 Å². The van der Waals surface area contributed by atoms with Gasteiger partial charge in [0, 0.05) is 6.04 Å². The van der Waals surface area contributed by atoms with Crippen LogP contribution in [0.2, 0.25) is 0 Å². The molecule has 104 valence electrons. The van der Waals surface area contributed by atoms with Crippen LogP contribution in [0.1, 0.15) is 45.4 Å². The Morgan fingerprint density at radius 3 is 2.42 bits per heavy atom. The van der Waals surface area contributed by atoms with E-state index in [2.05, 4.69) is 12.2 Å². The predicted octanol–water partition coefficient (Wildman–Crippen LogP) is 4.13. The molecule has 1 amide bonds. The molecular weight excluding hydrogens is 238 g/mol. The standard InChI is InChI=1S/C16H23NO2/c1-13(14-9-5-2-3-6-10-14)17-16(18)19-15-11-7-4-8-12-15/h4,7-8,11-14H,2-3,5-6,9-10H2,1H3,(H,17,18)/t13-/m0/s1. The average Bonchev–Trinajstić information content (AvgIpc) is 2.68. The van der Waals surface area contributed by atoms with Gasteiger partial charge in [0.2, 0.25) is 0 Å². The van der Waals surface area contributed by atoms with Crippen LogP contribution in [-0.4, -0.2) is 12.1 Å². The molecule has 0 bridgehead atoms. The van der Waals surface area contributed by atoms with Crippen LogP contribution in [0.25, 0.3) is 0 Å². The number of nitrogens with one attached hydrogen (secondary N) is 1. The summed E-state index contributed by atoms with van der Waals surface area (Å²) in [5, 5.41) is 2.96. The molecule has 1 aliphatic rings. The van der Waals surface area contributed by atoms with Crippen LogP contribution >= 0.6 is 0 Å². The number of benzene rings is 1. The minimum atomic E-state index is -0.344. The smallest absolute Gasteiger partial charge is 0.410 e. The molecule has 1 N–H and O–H groups in total. The number of para-hydroxylation sites is 1. The maximum Gasteiger partial charge on any atom is 0.412 e. The van der Waals surface area contributed by atoms with Gasteiger partial charge in [0.05, 0.1) is 0 Å². The molecule has 1 aromatic carbocycles. The second kappa shape index (κ2) is 7.17. The van der Waals surface area contributed by atoms with E-state index in [0.29, 0.717) is 11.7 Å². The van der Waals surface area contributed by atoms with Gasteiger partial charge in [0.1, 0.15) is 5.75 Å². The van der Waals surface area contributed by atoms with Crippen molar-refractivity contribution in [1.82, 2.24) is 5.32 Å². The third-order valence-corrected chi connectivity index (χ3v) is 3.91. The Morgan fingerprint density at radius 1 is 1.16 bits per heavy atom. The number of hydrogen-bond donors (Lipinski definition) is 1. The van der Waals surface area contributed by atoms with Crippen molar-refractivity contribution in [3.05, 3.63) is 30.3 Å². The molecule has 2 rings (SSSR count). The van der Waals surface area contributed by atoms with Crippen LogP contribution < -0.4 is 10.1 Å². The first kappa shape index (κ1) is 13.9. The average molecular weight is 261 g/mol. The third-order valence-electron chi connectivity index (χ3n) is 3.91. The van der Waals surface area contributed by atoms with E-state index < -0.39 is 0 Å². The second-order valence-electron chi connectivity index (χ2n) is 5.39. The first-order chi connectivity index (χ1) is 9.25. The molecule has 0 radical (unpaired) electrons. The number of amides is 1. The maximum atomic E-state index is 11.8. The number of hydrogen-bond acceptors (Lipinski definition) is 2. The van der Waals surface area contributed by atoms with Gasteiger partial charge in [-0.1, -0.05) is 43.9 Å². The Bertz CT molecular complexity index is 383. The Morgan fingerprint density at radius 2 is 1.79 bits per heavy atom. The summed E-state index contributed by atoms with van der Waals surface area (Å²) in [6.07, 6.45) is 7.31. The fourth-order valence-electron chi connectivity index (χ4n) is 2.74. The van der Waals surface area contributed by atoms with Crippen molar-refractivity contribution < 1.29 is 9.53 Å². The molecule has 1 aliphatic carbocycles. The summed E-state index contributed by atoms with van der Waals surface area (Å²) in [5.74, 6) is 1.18. The fraction of sp³-hybridized carbons (Fsp3) is 0.562. The van der Waals surface area contributed by atoms with E-state index in [-0.39, 0.29) is 12.1 Å². The van der Waals surface area contributed by atoms with E-state index in [1.165, 1.54) is 38.5 Å². The summed E-state index contributed by atoms with van der Waals surface area (Å²) in [6, 6.07) is 9.38. The van der Waals surface area contributed by atoms with Gasteiger partial charge in [-0.3, -0.25) is 0 Å². The van der Waals surface area contributed by atoms with E-state index in [0.717, 1.165) is 0 Å². The van der Waals surface area contributed by atoms with Crippen LogP contribution in [0.3, 0.4) is 0 Å². The lowest BCUT2D eigenvalue weighted by Gasteiger charge is -2.23. The number of ether oxygens (including phenoxy) is 1. The van der Waals surface area contributed by atoms with Gasteiger partial charge in [0.25, 0.3) is 0 Å². The van der Waals surface area contributed by atoms with Crippen molar-refractivity contribution in [2.45, 2.75) is 51.5 Å². The highest BCUT2D eigenvalue weighted by Crippen LogP contribution is 2.25. The van der Waals surface area contributed by atoms with Crippen molar-refractivity contribution in [2.24, 2.45) is 5.92 Å². The summed E-state index contributed by atoms with van der Waals surface area (Å²) < 4.78 is 5.26. The molecule has 1 atom stereocenters. The zero-order valence-electron chi connectivity index (χ0n) is 11.6. The zero-order chi connectivity index (χ0) is 13.5. The van der Waals surface area contributed by atoms with Gasteiger partial charge < -0.3 is 10.1 Å². The van der Waals surface area contributed by atoms with E-state index in [1.54, 1.807) is 12.1 Å². The number of carbonyl (C=O) groups excluding carboxylic acids is 1. The molecule has 1 saturated carbocycles. The molecule has 0 saturated heterocycles. The Kier molecular flexibility index (Phi) is 5.25. The lowest BCUT2D eigenvalue weighted by Crippen LogP contribution is -2.39. The highest BCUT2D eigenvalue weighted by molar-refractivity contribution is 5.70. The van der Waals surface area contributed by atoms with Crippen LogP contribution in [0.15, 0.2) is 30.3 Å². The van der Waals surface area contributed by atoms with Crippen LogP contribution in [0, 0.1) is 5.92 Å². The SMILES string of the molecule is C[C@H](NC(=O)Oc1ccccc1)C1CCCCCC1. The summed E-state index contributed by atoms with van der Waals surface area (Å²) in [7, 11) is 0. The molecule has 3 heteroatoms. The fourth-order valence-corrected chi connectivity index (χ4v) is 2.74. The zero-order valence-corrected chi connectivity index (χ0v) is 11.6. The normalized spacial score (nSPS) is 18.4. The molecule has 0 unspecified atom stereocenters. The van der Waals surface area contributed by atoms with Crippen molar-refractivity contribution >= 4 is 6.09 Å². The molecule has 0 aromatic heterocycles. The largest absolute Gasteiger partial charge is 0.412 e. The summed E-state index contributed by atoms with van der Waals surface area (Å²) in [5.41, 5.74) is 0. The topological polar surface area (TPSA) is 38.3 Å². The van der Waals surface area contributed by atoms with Gasteiger partial charge in [0.15, 0.2) is 0 Å². The Hall–Kier alpha value is -1.51. The van der Waals surface area contributed by atoms with Crippen LogP contribution in [0.5, 0.6) is 5.75 Å². The third kappa shape index (κ3) is 4.58. The molecule has 0 heterocycles.